The van der Waals surface area contributed by atoms with Gasteiger partial charge in [0.2, 0.25) is 17.4 Å². The number of nitrogens with zero attached hydrogens (tertiary/aromatic N) is 4. The molecule has 334 valence electrons. The molecular weight excluding hydrogens is 833 g/mol. The normalized spacial score (nSPS) is 29.7. The Bertz CT molecular complexity index is 1890. The standard InChI is InChI=1S/C31H39F7N4O17/c1-12(14-8-15(25(33,34)35)10-16(9-14)26(36,37)38)39(5)20(44)42-22(45,18-7-6-17(32)11-21(18,3)4)23(46,47)19(24(48,49)27(42,50)51)41-30(56,57)28(52,53)40(13(2)43)29(54,55)31(41,58)59/h6-12,18-19,45-59H,1-5H3. The molecule has 3 amide bonds. The van der Waals surface area contributed by atoms with E-state index in [1.54, 1.807) is 0 Å². The second-order valence-electron chi connectivity index (χ2n) is 14.9. The van der Waals surface area contributed by atoms with Crippen molar-refractivity contribution in [1.29, 1.82) is 0 Å². The molecule has 1 aromatic carbocycles. The molecule has 1 aliphatic carbocycles. The van der Waals surface area contributed by atoms with Gasteiger partial charge in [-0.15, -0.1) is 0 Å². The fourth-order valence-corrected chi connectivity index (χ4v) is 7.45. The lowest BCUT2D eigenvalue weighted by molar-refractivity contribution is -0.629. The van der Waals surface area contributed by atoms with Crippen molar-refractivity contribution in [1.82, 2.24) is 19.6 Å². The third kappa shape index (κ3) is 6.58. The first-order chi connectivity index (χ1) is 26.0. The Labute approximate surface area is 325 Å². The van der Waals surface area contributed by atoms with Gasteiger partial charge in [0.05, 0.1) is 17.2 Å². The van der Waals surface area contributed by atoms with Crippen molar-refractivity contribution < 1.29 is 117 Å². The van der Waals surface area contributed by atoms with Gasteiger partial charge in [-0.1, -0.05) is 19.9 Å². The molecule has 4 atom stereocenters. The quantitative estimate of drug-likeness (QED) is 0.101. The van der Waals surface area contributed by atoms with Gasteiger partial charge in [-0.25, -0.2) is 19.0 Å². The van der Waals surface area contributed by atoms with Gasteiger partial charge in [0.1, 0.15) is 11.9 Å². The van der Waals surface area contributed by atoms with E-state index in [4.69, 9.17) is 0 Å². The van der Waals surface area contributed by atoms with Gasteiger partial charge in [-0.2, -0.15) is 31.2 Å². The van der Waals surface area contributed by atoms with Crippen LogP contribution < -0.4 is 0 Å². The number of amides is 3. The van der Waals surface area contributed by atoms with Gasteiger partial charge in [-0.05, 0) is 48.3 Å². The minimum atomic E-state index is -5.48. The number of aliphatic hydroxyl groups is 15. The van der Waals surface area contributed by atoms with Crippen molar-refractivity contribution >= 4 is 11.9 Å². The molecule has 2 fully saturated rings. The van der Waals surface area contributed by atoms with Crippen LogP contribution in [0.25, 0.3) is 0 Å². The van der Waals surface area contributed by atoms with E-state index in [-0.39, 0.29) is 30.0 Å². The fraction of sp³-hybridized carbons (Fsp3) is 0.613. The van der Waals surface area contributed by atoms with E-state index in [1.807, 2.05) is 0 Å². The number of hydrogen-bond acceptors (Lipinski definition) is 18. The molecule has 0 aromatic heterocycles. The summed E-state index contributed by atoms with van der Waals surface area (Å²) in [5, 5.41) is 169. The molecule has 2 saturated heterocycles. The number of alkyl halides is 6. The summed E-state index contributed by atoms with van der Waals surface area (Å²) in [6.07, 6.45) is -9.67. The molecule has 1 aromatic rings. The van der Waals surface area contributed by atoms with Crippen LogP contribution >= 0.6 is 0 Å². The van der Waals surface area contributed by atoms with E-state index in [2.05, 4.69) is 0 Å². The summed E-state index contributed by atoms with van der Waals surface area (Å²) in [5.41, 5.74) is -11.9. The lowest BCUT2D eigenvalue weighted by Crippen LogP contribution is -2.99. The monoisotopic (exact) mass is 872 g/mol. The smallest absolute Gasteiger partial charge is 0.365 e. The predicted molar refractivity (Wildman–Crippen MR) is 169 cm³/mol. The largest absolute Gasteiger partial charge is 0.416 e. The number of allylic oxidation sites excluding steroid dienone is 3. The minimum absolute atomic E-state index is 0.0560. The van der Waals surface area contributed by atoms with Crippen LogP contribution in [0.5, 0.6) is 0 Å². The summed E-state index contributed by atoms with van der Waals surface area (Å²) in [6.45, 7) is 2.64. The summed E-state index contributed by atoms with van der Waals surface area (Å²) >= 11 is 0. The van der Waals surface area contributed by atoms with Crippen LogP contribution in [-0.2, 0) is 17.1 Å². The average Bonchev–Trinajstić information content (AvgIpc) is 3.02. The number of piperazine rings is 1. The number of hydrogen-bond donors (Lipinski definition) is 15. The summed E-state index contributed by atoms with van der Waals surface area (Å²) in [4.78, 5) is 22.5. The molecule has 3 aliphatic rings. The Morgan fingerprint density at radius 1 is 0.695 bits per heavy atom. The van der Waals surface area contributed by atoms with Gasteiger partial charge in [0.15, 0.2) is 0 Å². The highest BCUT2D eigenvalue weighted by molar-refractivity contribution is 5.77. The first-order valence-corrected chi connectivity index (χ1v) is 16.3. The summed E-state index contributed by atoms with van der Waals surface area (Å²) in [5.74, 6) is -43.0. The van der Waals surface area contributed by atoms with Crippen molar-refractivity contribution in [2.24, 2.45) is 11.3 Å². The zero-order valence-electron chi connectivity index (χ0n) is 30.7. The highest BCUT2D eigenvalue weighted by Gasteiger charge is 2.89. The SMILES string of the molecule is CC(=O)N1C(O)(O)C(O)(O)N(C2C(O)(O)C(O)(O)N(C(=O)N(C)C(C)c3cc(C(F)(F)F)cc(C(F)(F)F)c3)C(O)(C3C=CC(F)=CC3(C)C)C2(O)O)C(O)(O)C1(O)O. The van der Waals surface area contributed by atoms with Gasteiger partial charge < -0.3 is 81.5 Å². The molecule has 21 nitrogen and oxygen atoms in total. The maximum atomic E-state index is 14.6. The van der Waals surface area contributed by atoms with Crippen molar-refractivity contribution in [3.63, 3.8) is 0 Å². The highest BCUT2D eigenvalue weighted by atomic mass is 19.4. The summed E-state index contributed by atoms with van der Waals surface area (Å²) in [6, 6.07) is -9.34. The maximum absolute atomic E-state index is 14.6. The summed E-state index contributed by atoms with van der Waals surface area (Å²) < 4.78 is 97.0. The fourth-order valence-electron chi connectivity index (χ4n) is 7.45. The van der Waals surface area contributed by atoms with Gasteiger partial charge in [-0.3, -0.25) is 4.79 Å². The van der Waals surface area contributed by atoms with Crippen LogP contribution in [0.15, 0.2) is 42.3 Å². The van der Waals surface area contributed by atoms with Crippen LogP contribution in [0.3, 0.4) is 0 Å². The molecule has 0 saturated carbocycles. The van der Waals surface area contributed by atoms with Crippen molar-refractivity contribution in [3.8, 4) is 0 Å². The Balaban J connectivity index is 2.10. The Kier molecular flexibility index (Phi) is 10.9. The topological polar surface area (TPSA) is 351 Å². The average molecular weight is 873 g/mol. The van der Waals surface area contributed by atoms with E-state index >= 15 is 0 Å². The first-order valence-electron chi connectivity index (χ1n) is 16.3. The van der Waals surface area contributed by atoms with Gasteiger partial charge >= 0.3 is 47.9 Å². The van der Waals surface area contributed by atoms with Crippen molar-refractivity contribution in [2.45, 2.75) is 99.0 Å². The first kappa shape index (κ1) is 48.0. The lowest BCUT2D eigenvalue weighted by Gasteiger charge is -2.69. The third-order valence-electron chi connectivity index (χ3n) is 10.6. The van der Waals surface area contributed by atoms with Crippen LogP contribution in [0.1, 0.15) is 50.4 Å². The number of rotatable bonds is 4. The van der Waals surface area contributed by atoms with E-state index in [9.17, 15) is 117 Å². The zero-order chi connectivity index (χ0) is 46.2. The predicted octanol–water partition coefficient (Wildman–Crippen LogP) is -4.01. The maximum Gasteiger partial charge on any atom is 0.416 e. The van der Waals surface area contributed by atoms with E-state index < -0.39 is 132 Å². The van der Waals surface area contributed by atoms with E-state index in [1.165, 1.54) is 0 Å². The molecule has 0 radical (unpaired) electrons. The molecule has 15 N–H and O–H groups in total. The molecule has 0 bridgehead atoms. The number of benzene rings is 1. The summed E-state index contributed by atoms with van der Waals surface area (Å²) in [7, 11) is 0.453. The van der Waals surface area contributed by atoms with Crippen LogP contribution in [0.2, 0.25) is 0 Å². The Hall–Kier alpha value is -3.69. The molecule has 4 unspecified atom stereocenters. The molecule has 59 heavy (non-hydrogen) atoms. The number of likely N-dealkylation sites (tertiary alicyclic amines) is 1. The van der Waals surface area contributed by atoms with Crippen molar-refractivity contribution in [2.75, 3.05) is 7.05 Å². The van der Waals surface area contributed by atoms with Crippen molar-refractivity contribution in [3.05, 3.63) is 58.9 Å². The Morgan fingerprint density at radius 3 is 1.49 bits per heavy atom. The lowest BCUT2D eigenvalue weighted by atomic mass is 9.63. The number of urea groups is 1. The second-order valence-corrected chi connectivity index (χ2v) is 14.9. The van der Waals surface area contributed by atoms with E-state index in [0.717, 1.165) is 13.8 Å². The molecule has 28 heteroatoms. The Morgan fingerprint density at radius 2 is 1.12 bits per heavy atom. The molecular formula is C31H39F7N4O17. The number of carbonyl (C=O) groups is 2. The molecule has 0 spiro atoms. The van der Waals surface area contributed by atoms with Gasteiger partial charge in [0.25, 0.3) is 5.79 Å². The van der Waals surface area contributed by atoms with Crippen LogP contribution in [0, 0.1) is 11.3 Å². The van der Waals surface area contributed by atoms with Gasteiger partial charge in [0, 0.05) is 19.9 Å². The number of carbonyl (C=O) groups excluding carboxylic acids is 2. The molecule has 4 rings (SSSR count). The van der Waals surface area contributed by atoms with Crippen LogP contribution in [0.4, 0.5) is 35.5 Å². The number of halogens is 7. The highest BCUT2D eigenvalue weighted by Crippen LogP contribution is 2.59. The minimum Gasteiger partial charge on any atom is -0.365 e. The van der Waals surface area contributed by atoms with E-state index in [0.29, 0.717) is 32.2 Å². The second kappa shape index (κ2) is 13.4. The third-order valence-corrected chi connectivity index (χ3v) is 10.6. The molecule has 2 aliphatic heterocycles. The zero-order valence-corrected chi connectivity index (χ0v) is 30.7. The number of piperidine rings is 1. The van der Waals surface area contributed by atoms with Crippen LogP contribution in [-0.4, -0.2) is 168 Å². The molecule has 2 heterocycles.